The normalized spacial score (nSPS) is 13.7. The van der Waals surface area contributed by atoms with Gasteiger partial charge in [0.1, 0.15) is 0 Å². The van der Waals surface area contributed by atoms with Crippen LogP contribution >= 0.6 is 0 Å². The van der Waals surface area contributed by atoms with E-state index in [1.54, 1.807) is 18.3 Å². The summed E-state index contributed by atoms with van der Waals surface area (Å²) in [6.45, 7) is 1.26. The molecule has 4 rings (SSSR count). The lowest BCUT2D eigenvalue weighted by atomic mass is 9.85. The lowest BCUT2D eigenvalue weighted by Crippen LogP contribution is -2.43. The van der Waals surface area contributed by atoms with Crippen LogP contribution in [0.2, 0.25) is 0 Å². The summed E-state index contributed by atoms with van der Waals surface area (Å²) in [6.07, 6.45) is -3.22. The van der Waals surface area contributed by atoms with Crippen LogP contribution in [0.3, 0.4) is 0 Å². The number of para-hydroxylation sites is 1. The number of aromatic nitrogens is 1. The maximum atomic E-state index is 14.2. The number of amides is 1. The van der Waals surface area contributed by atoms with Gasteiger partial charge < -0.3 is 15.0 Å². The van der Waals surface area contributed by atoms with Crippen molar-refractivity contribution in [2.75, 3.05) is 5.32 Å². The Bertz CT molecular complexity index is 1250. The van der Waals surface area contributed by atoms with Crippen molar-refractivity contribution in [1.82, 2.24) is 4.57 Å². The quantitative estimate of drug-likeness (QED) is 0.462. The summed E-state index contributed by atoms with van der Waals surface area (Å²) in [4.78, 5) is 11.3. The molecule has 0 saturated carbocycles. The van der Waals surface area contributed by atoms with Gasteiger partial charge in [-0.25, -0.2) is 0 Å². The largest absolute Gasteiger partial charge is 0.425 e. The molecule has 0 aliphatic rings. The van der Waals surface area contributed by atoms with Gasteiger partial charge in [-0.1, -0.05) is 36.4 Å². The number of alkyl halides is 3. The van der Waals surface area contributed by atoms with Gasteiger partial charge in [-0.2, -0.15) is 13.2 Å². The zero-order valence-corrected chi connectivity index (χ0v) is 16.5. The first-order chi connectivity index (χ1) is 14.7. The average molecular weight is 424 g/mol. The Morgan fingerprint density at radius 2 is 1.61 bits per heavy atom. The Morgan fingerprint density at radius 3 is 2.29 bits per heavy atom. The Kier molecular flexibility index (Phi) is 5.07. The number of halogens is 3. The number of hydrogen-bond donors (Lipinski definition) is 2. The van der Waals surface area contributed by atoms with E-state index in [2.05, 4.69) is 5.32 Å². The molecule has 2 N–H and O–H groups in total. The Balaban J connectivity index is 1.85. The van der Waals surface area contributed by atoms with E-state index in [1.807, 2.05) is 34.9 Å². The van der Waals surface area contributed by atoms with Crippen LogP contribution in [0.1, 0.15) is 18.1 Å². The fourth-order valence-electron chi connectivity index (χ4n) is 3.70. The summed E-state index contributed by atoms with van der Waals surface area (Å²) in [5.41, 5.74) is -2.17. The number of hydrogen-bond acceptors (Lipinski definition) is 2. The van der Waals surface area contributed by atoms with E-state index in [4.69, 9.17) is 0 Å². The molecule has 0 radical (unpaired) electrons. The topological polar surface area (TPSA) is 54.3 Å². The molecule has 0 saturated heterocycles. The molecule has 0 spiro atoms. The van der Waals surface area contributed by atoms with Crippen LogP contribution in [-0.2, 0) is 10.4 Å². The van der Waals surface area contributed by atoms with Crippen molar-refractivity contribution in [2.45, 2.75) is 18.7 Å². The summed E-state index contributed by atoms with van der Waals surface area (Å²) < 4.78 is 44.5. The van der Waals surface area contributed by atoms with Gasteiger partial charge in [0.15, 0.2) is 0 Å². The standard InChI is InChI=1S/C24H19F3N2O2/c1-16(30)28-20-7-5-6-18(15-20)23(31,24(25,26)27)19-10-11-22-17(14-19)12-13-29(22)21-8-3-2-4-9-21/h2-15,31H,1H3,(H,28,30). The second kappa shape index (κ2) is 7.59. The number of benzene rings is 3. The number of rotatable bonds is 4. The van der Waals surface area contributed by atoms with Crippen molar-refractivity contribution in [3.63, 3.8) is 0 Å². The van der Waals surface area contributed by atoms with Crippen LogP contribution in [0.4, 0.5) is 18.9 Å². The molecular formula is C24H19F3N2O2. The zero-order valence-electron chi connectivity index (χ0n) is 16.5. The lowest BCUT2D eigenvalue weighted by Gasteiger charge is -2.32. The number of carbonyl (C=O) groups excluding carboxylic acids is 1. The summed E-state index contributed by atoms with van der Waals surface area (Å²) in [5, 5.41) is 14.0. The molecule has 4 aromatic rings. The lowest BCUT2D eigenvalue weighted by molar-refractivity contribution is -0.248. The van der Waals surface area contributed by atoms with Gasteiger partial charge in [0.25, 0.3) is 0 Å². The van der Waals surface area contributed by atoms with E-state index in [-0.39, 0.29) is 16.8 Å². The average Bonchev–Trinajstić information content (AvgIpc) is 3.16. The molecular weight excluding hydrogens is 405 g/mol. The van der Waals surface area contributed by atoms with Crippen molar-refractivity contribution < 1.29 is 23.1 Å². The van der Waals surface area contributed by atoms with Crippen LogP contribution in [-0.4, -0.2) is 21.8 Å². The Morgan fingerprint density at radius 1 is 0.903 bits per heavy atom. The van der Waals surface area contributed by atoms with Crippen molar-refractivity contribution in [1.29, 1.82) is 0 Å². The molecule has 0 aliphatic carbocycles. The van der Waals surface area contributed by atoms with Gasteiger partial charge in [0, 0.05) is 29.9 Å². The summed E-state index contributed by atoms with van der Waals surface area (Å²) >= 11 is 0. The second-order valence-corrected chi connectivity index (χ2v) is 7.27. The molecule has 7 heteroatoms. The predicted molar refractivity (Wildman–Crippen MR) is 113 cm³/mol. The predicted octanol–water partition coefficient (Wildman–Crippen LogP) is 5.39. The van der Waals surface area contributed by atoms with Crippen LogP contribution in [0.15, 0.2) is 85.1 Å². The van der Waals surface area contributed by atoms with Gasteiger partial charge in [0.2, 0.25) is 11.5 Å². The highest BCUT2D eigenvalue weighted by Gasteiger charge is 2.56. The van der Waals surface area contributed by atoms with E-state index in [1.165, 1.54) is 37.3 Å². The number of anilines is 1. The molecule has 158 valence electrons. The second-order valence-electron chi connectivity index (χ2n) is 7.27. The molecule has 0 fully saturated rings. The van der Waals surface area contributed by atoms with Gasteiger partial charge >= 0.3 is 6.18 Å². The molecule has 0 bridgehead atoms. The van der Waals surface area contributed by atoms with Crippen LogP contribution in [0, 0.1) is 0 Å². The highest BCUT2D eigenvalue weighted by Crippen LogP contribution is 2.45. The molecule has 1 aromatic heterocycles. The summed E-state index contributed by atoms with van der Waals surface area (Å²) in [5.74, 6) is -0.420. The number of aliphatic hydroxyl groups is 1. The minimum Gasteiger partial charge on any atom is -0.372 e. The summed E-state index contributed by atoms with van der Waals surface area (Å²) in [6, 6.07) is 20.5. The zero-order chi connectivity index (χ0) is 22.2. The monoisotopic (exact) mass is 424 g/mol. The molecule has 1 unspecified atom stereocenters. The fourth-order valence-corrected chi connectivity index (χ4v) is 3.70. The maximum Gasteiger partial charge on any atom is 0.425 e. The Hall–Kier alpha value is -3.58. The smallest absolute Gasteiger partial charge is 0.372 e. The molecule has 4 nitrogen and oxygen atoms in total. The van der Waals surface area contributed by atoms with Crippen molar-refractivity contribution in [3.8, 4) is 5.69 Å². The molecule has 1 amide bonds. The highest BCUT2D eigenvalue weighted by atomic mass is 19.4. The number of fused-ring (bicyclic) bond motifs is 1. The van der Waals surface area contributed by atoms with E-state index >= 15 is 0 Å². The van der Waals surface area contributed by atoms with E-state index < -0.39 is 17.7 Å². The number of nitrogens with zero attached hydrogens (tertiary/aromatic N) is 1. The van der Waals surface area contributed by atoms with Crippen LogP contribution < -0.4 is 5.32 Å². The first-order valence-corrected chi connectivity index (χ1v) is 9.54. The number of carbonyl (C=O) groups is 1. The minimum atomic E-state index is -4.99. The molecule has 1 heterocycles. The van der Waals surface area contributed by atoms with E-state index in [0.717, 1.165) is 11.8 Å². The van der Waals surface area contributed by atoms with Crippen molar-refractivity contribution in [3.05, 3.63) is 96.2 Å². The fraction of sp³-hybridized carbons (Fsp3) is 0.125. The molecule has 1 atom stereocenters. The third kappa shape index (κ3) is 3.68. The Labute approximate surface area is 176 Å². The van der Waals surface area contributed by atoms with Crippen molar-refractivity contribution in [2.24, 2.45) is 0 Å². The molecule has 3 aromatic carbocycles. The first kappa shape index (κ1) is 20.7. The van der Waals surface area contributed by atoms with Gasteiger partial charge in [-0.05, 0) is 53.6 Å². The van der Waals surface area contributed by atoms with Gasteiger partial charge in [-0.15, -0.1) is 0 Å². The first-order valence-electron chi connectivity index (χ1n) is 9.54. The third-order valence-electron chi connectivity index (χ3n) is 5.15. The number of nitrogens with one attached hydrogen (secondary N) is 1. The molecule has 31 heavy (non-hydrogen) atoms. The minimum absolute atomic E-state index is 0.170. The maximum absolute atomic E-state index is 14.2. The van der Waals surface area contributed by atoms with E-state index in [9.17, 15) is 23.1 Å². The molecule has 0 aliphatic heterocycles. The van der Waals surface area contributed by atoms with Crippen LogP contribution in [0.25, 0.3) is 16.6 Å². The van der Waals surface area contributed by atoms with Gasteiger partial charge in [0.05, 0.1) is 5.52 Å². The third-order valence-corrected chi connectivity index (χ3v) is 5.15. The van der Waals surface area contributed by atoms with Crippen molar-refractivity contribution >= 4 is 22.5 Å². The summed E-state index contributed by atoms with van der Waals surface area (Å²) in [7, 11) is 0. The highest BCUT2D eigenvalue weighted by molar-refractivity contribution is 5.88. The van der Waals surface area contributed by atoms with Crippen LogP contribution in [0.5, 0.6) is 0 Å². The van der Waals surface area contributed by atoms with Gasteiger partial charge in [-0.3, -0.25) is 4.79 Å². The van der Waals surface area contributed by atoms with E-state index in [0.29, 0.717) is 10.9 Å². The SMILES string of the molecule is CC(=O)Nc1cccc(C(O)(c2ccc3c(ccn3-c3ccccc3)c2)C(F)(F)F)c1.